The lowest BCUT2D eigenvalue weighted by Crippen LogP contribution is -2.46. The van der Waals surface area contributed by atoms with E-state index >= 15 is 0 Å². The number of hydroxylamine groups is 4. The van der Waals surface area contributed by atoms with Crippen LogP contribution in [0.1, 0.15) is 13.8 Å². The number of epoxide rings is 1. The van der Waals surface area contributed by atoms with Gasteiger partial charge in [-0.2, -0.15) is 9.68 Å². The summed E-state index contributed by atoms with van der Waals surface area (Å²) in [6.07, 6.45) is 0.0786. The number of nitrogens with zero attached hydrogens (tertiary/aromatic N) is 1. The van der Waals surface area contributed by atoms with Gasteiger partial charge in [0.05, 0.1) is 0 Å². The van der Waals surface area contributed by atoms with Gasteiger partial charge in [-0.1, -0.05) is 0 Å². The molecule has 1 saturated heterocycles. The molecule has 0 bridgehead atoms. The first-order valence-corrected chi connectivity index (χ1v) is 3.99. The van der Waals surface area contributed by atoms with E-state index in [0.29, 0.717) is 13.2 Å². The van der Waals surface area contributed by atoms with Gasteiger partial charge in [0.25, 0.3) is 6.23 Å². The predicted octanol–water partition coefficient (Wildman–Crippen LogP) is 0.692. The van der Waals surface area contributed by atoms with Crippen LogP contribution in [0.15, 0.2) is 0 Å². The molecule has 0 aromatic heterocycles. The molecule has 4 heteroatoms. The summed E-state index contributed by atoms with van der Waals surface area (Å²) in [4.78, 5) is 10.9. The standard InChI is InChI=1S/C7H16NO3/c1-4-10-8(3,11-5-2)7-6-9-7/h7H,4-6H2,1-3H3/q+1. The molecule has 0 N–H and O–H groups in total. The van der Waals surface area contributed by atoms with E-state index in [1.807, 2.05) is 20.9 Å². The Hall–Kier alpha value is -0.160. The van der Waals surface area contributed by atoms with Crippen LogP contribution in [0.3, 0.4) is 0 Å². The van der Waals surface area contributed by atoms with Crippen molar-refractivity contribution in [1.29, 1.82) is 0 Å². The van der Waals surface area contributed by atoms with Crippen LogP contribution in [0.4, 0.5) is 0 Å². The molecule has 1 aliphatic heterocycles. The summed E-state index contributed by atoms with van der Waals surface area (Å²) in [6, 6.07) is 0. The average Bonchev–Trinajstić information content (AvgIpc) is 2.68. The van der Waals surface area contributed by atoms with Crippen molar-refractivity contribution in [1.82, 2.24) is 0 Å². The van der Waals surface area contributed by atoms with Crippen LogP contribution in [-0.2, 0) is 14.4 Å². The summed E-state index contributed by atoms with van der Waals surface area (Å²) in [5, 5.41) is 0. The first-order chi connectivity index (χ1) is 5.23. The number of rotatable bonds is 5. The van der Waals surface area contributed by atoms with Crippen molar-refractivity contribution in [3.05, 3.63) is 0 Å². The highest BCUT2D eigenvalue weighted by Gasteiger charge is 2.47. The van der Waals surface area contributed by atoms with Gasteiger partial charge >= 0.3 is 0 Å². The fourth-order valence-electron chi connectivity index (χ4n) is 1.03. The number of ether oxygens (including phenoxy) is 1. The van der Waals surface area contributed by atoms with Crippen LogP contribution in [0, 0.1) is 0 Å². The van der Waals surface area contributed by atoms with Crippen molar-refractivity contribution in [2.45, 2.75) is 20.1 Å². The first kappa shape index (κ1) is 8.93. The van der Waals surface area contributed by atoms with Crippen molar-refractivity contribution >= 4 is 0 Å². The molecule has 0 amide bonds. The molecule has 66 valence electrons. The van der Waals surface area contributed by atoms with E-state index < -0.39 is 0 Å². The van der Waals surface area contributed by atoms with Gasteiger partial charge in [-0.3, -0.25) is 0 Å². The van der Waals surface area contributed by atoms with Crippen molar-refractivity contribution in [2.75, 3.05) is 26.9 Å². The maximum absolute atomic E-state index is 5.38. The minimum Gasteiger partial charge on any atom is -0.313 e. The molecule has 1 atom stereocenters. The second kappa shape index (κ2) is 3.49. The summed E-state index contributed by atoms with van der Waals surface area (Å²) in [5.74, 6) is 0. The molecule has 1 rings (SSSR count). The number of hydrogen-bond acceptors (Lipinski definition) is 3. The topological polar surface area (TPSA) is 31.0 Å². The van der Waals surface area contributed by atoms with Gasteiger partial charge < -0.3 is 4.74 Å². The predicted molar refractivity (Wildman–Crippen MR) is 39.2 cm³/mol. The largest absolute Gasteiger partial charge is 0.313 e. The molecule has 0 radical (unpaired) electrons. The van der Waals surface area contributed by atoms with E-state index in [2.05, 4.69) is 0 Å². The molecule has 0 spiro atoms. The van der Waals surface area contributed by atoms with Crippen LogP contribution >= 0.6 is 0 Å². The lowest BCUT2D eigenvalue weighted by Gasteiger charge is -2.25. The van der Waals surface area contributed by atoms with Gasteiger partial charge in [0, 0.05) is 0 Å². The summed E-state index contributed by atoms with van der Waals surface area (Å²) in [5.41, 5.74) is 0. The quantitative estimate of drug-likeness (QED) is 0.338. The van der Waals surface area contributed by atoms with Crippen LogP contribution in [0.2, 0.25) is 0 Å². The molecule has 0 aliphatic carbocycles. The van der Waals surface area contributed by atoms with Crippen LogP contribution < -0.4 is 0 Å². The van der Waals surface area contributed by atoms with Gasteiger partial charge in [0.2, 0.25) is 0 Å². The monoisotopic (exact) mass is 162 g/mol. The van der Waals surface area contributed by atoms with Crippen molar-refractivity contribution < 1.29 is 19.2 Å². The molecule has 0 saturated carbocycles. The van der Waals surface area contributed by atoms with Gasteiger partial charge in [-0.25, -0.2) is 0 Å². The van der Waals surface area contributed by atoms with Crippen LogP contribution in [0.25, 0.3) is 0 Å². The number of likely N-dealkylation sites (N-methyl/N-ethyl adjacent to an activating group) is 1. The minimum atomic E-state index is 0.0786. The van der Waals surface area contributed by atoms with Gasteiger partial charge in [-0.15, -0.1) is 0 Å². The normalized spacial score (nSPS) is 23.7. The maximum Gasteiger partial charge on any atom is 0.279 e. The molecule has 4 nitrogen and oxygen atoms in total. The highest BCUT2D eigenvalue weighted by atomic mass is 17.0. The molecular formula is C7H16NO3+. The second-order valence-corrected chi connectivity index (χ2v) is 2.53. The molecule has 1 fully saturated rings. The molecule has 1 unspecified atom stereocenters. The van der Waals surface area contributed by atoms with Gasteiger partial charge in [-0.05, 0) is 18.7 Å². The Morgan fingerprint density at radius 3 is 2.09 bits per heavy atom. The minimum absolute atomic E-state index is 0.0786. The summed E-state index contributed by atoms with van der Waals surface area (Å²) in [6.45, 7) is 5.89. The summed E-state index contributed by atoms with van der Waals surface area (Å²) in [7, 11) is 1.87. The maximum atomic E-state index is 5.38. The van der Waals surface area contributed by atoms with E-state index in [0.717, 1.165) is 6.61 Å². The molecular weight excluding hydrogens is 146 g/mol. The molecule has 0 aromatic carbocycles. The van der Waals surface area contributed by atoms with Crippen molar-refractivity contribution in [3.8, 4) is 0 Å². The zero-order chi connectivity index (χ0) is 8.32. The van der Waals surface area contributed by atoms with Crippen LogP contribution in [-0.4, -0.2) is 37.9 Å². The molecule has 1 heterocycles. The Labute approximate surface area is 67.1 Å². The fraction of sp³-hybridized carbons (Fsp3) is 1.00. The summed E-state index contributed by atoms with van der Waals surface area (Å²) >= 11 is 0. The average molecular weight is 162 g/mol. The SMILES string of the molecule is CCO[N+](C)(OCC)C1CO1. The lowest BCUT2D eigenvalue weighted by atomic mass is 10.7. The zero-order valence-electron chi connectivity index (χ0n) is 7.37. The Bertz CT molecular complexity index is 119. The van der Waals surface area contributed by atoms with E-state index in [4.69, 9.17) is 14.4 Å². The van der Waals surface area contributed by atoms with E-state index in [1.165, 1.54) is 0 Å². The number of hydrogen-bond donors (Lipinski definition) is 0. The van der Waals surface area contributed by atoms with Gasteiger partial charge in [0.15, 0.2) is 0 Å². The third-order valence-corrected chi connectivity index (χ3v) is 1.61. The molecule has 1 aliphatic rings. The van der Waals surface area contributed by atoms with E-state index in [-0.39, 0.29) is 11.0 Å². The fourth-order valence-corrected chi connectivity index (χ4v) is 1.03. The van der Waals surface area contributed by atoms with E-state index in [9.17, 15) is 0 Å². The third kappa shape index (κ3) is 2.13. The van der Waals surface area contributed by atoms with Crippen molar-refractivity contribution in [2.24, 2.45) is 0 Å². The van der Waals surface area contributed by atoms with E-state index in [1.54, 1.807) is 0 Å². The Kier molecular flexibility index (Phi) is 2.84. The highest BCUT2D eigenvalue weighted by molar-refractivity contribution is 4.51. The summed E-state index contributed by atoms with van der Waals surface area (Å²) < 4.78 is 5.10. The van der Waals surface area contributed by atoms with Crippen molar-refractivity contribution in [3.63, 3.8) is 0 Å². The van der Waals surface area contributed by atoms with Crippen LogP contribution in [0.5, 0.6) is 0 Å². The zero-order valence-corrected chi connectivity index (χ0v) is 7.37. The highest BCUT2D eigenvalue weighted by Crippen LogP contribution is 2.23. The second-order valence-electron chi connectivity index (χ2n) is 2.53. The molecule has 0 aromatic rings. The Morgan fingerprint density at radius 2 is 1.82 bits per heavy atom. The smallest absolute Gasteiger partial charge is 0.279 e. The number of quaternary nitrogens is 1. The first-order valence-electron chi connectivity index (χ1n) is 3.99. The van der Waals surface area contributed by atoms with Gasteiger partial charge in [0.1, 0.15) is 26.9 Å². The lowest BCUT2D eigenvalue weighted by molar-refractivity contribution is -1.25. The third-order valence-electron chi connectivity index (χ3n) is 1.61. The Morgan fingerprint density at radius 1 is 1.36 bits per heavy atom. The molecule has 11 heavy (non-hydrogen) atoms. The Balaban J connectivity index is 2.39.